The van der Waals surface area contributed by atoms with Crippen molar-refractivity contribution in [2.24, 2.45) is 62.1 Å². The van der Waals surface area contributed by atoms with Crippen LogP contribution in [0.3, 0.4) is 0 Å². The first-order valence-corrected chi connectivity index (χ1v) is 19.8. The minimum atomic E-state index is -0.880. The molecule has 1 heterocycles. The van der Waals surface area contributed by atoms with Gasteiger partial charge < -0.3 is 20.5 Å². The van der Waals surface area contributed by atoms with Crippen molar-refractivity contribution in [1.29, 1.82) is 0 Å². The summed E-state index contributed by atoms with van der Waals surface area (Å²) < 4.78 is 6.27. The molecule has 6 fully saturated rings. The summed E-state index contributed by atoms with van der Waals surface area (Å²) in [5.74, 6) is 1.83. The van der Waals surface area contributed by atoms with Crippen LogP contribution in [0.1, 0.15) is 145 Å². The molecule has 0 aromatic heterocycles. The first kappa shape index (κ1) is 36.9. The Morgan fingerprint density at radius 3 is 2.27 bits per heavy atom. The number of rotatable bonds is 9. The standard InChI is InChI=1S/C42H68N2O5/c1-26(2)28-12-18-42(22-33(45)44-27-15-21-43-25-27)20-19-40(8)29(36(28)42)10-11-31-39(7)16-14-32(38(5,6)30(39)13-17-41(31,40)9)49-35(48)24-37(3,4)23-34(46)47/h27-32,36,43H,1,10-25H2,2-9H3,(H,44,45)(H,46,47)/t27-,28?,29-,30?,31?,32?,36?,39+,40-,41-,42-/m1/s1. The Bertz CT molecular complexity index is 1330. The first-order valence-electron chi connectivity index (χ1n) is 19.8. The molecule has 3 N–H and O–H groups in total. The number of esters is 1. The van der Waals surface area contributed by atoms with E-state index in [1.165, 1.54) is 37.7 Å². The molecule has 1 aliphatic heterocycles. The average molecular weight is 681 g/mol. The van der Waals surface area contributed by atoms with Gasteiger partial charge in [0, 0.05) is 24.4 Å². The van der Waals surface area contributed by atoms with Crippen LogP contribution in [0.4, 0.5) is 0 Å². The molecule has 5 unspecified atom stereocenters. The van der Waals surface area contributed by atoms with Crippen molar-refractivity contribution < 1.29 is 24.2 Å². The summed E-state index contributed by atoms with van der Waals surface area (Å²) in [5.41, 5.74) is 1.22. The zero-order chi connectivity index (χ0) is 35.8. The number of carboxylic acids is 1. The van der Waals surface area contributed by atoms with Gasteiger partial charge in [0.05, 0.1) is 12.8 Å². The molecule has 5 aliphatic carbocycles. The molecule has 0 aromatic carbocycles. The predicted molar refractivity (Wildman–Crippen MR) is 194 cm³/mol. The van der Waals surface area contributed by atoms with E-state index in [0.29, 0.717) is 36.0 Å². The number of fused-ring (bicyclic) bond motifs is 7. The average Bonchev–Trinajstić information content (AvgIpc) is 3.62. The van der Waals surface area contributed by atoms with E-state index in [-0.39, 0.29) is 63.9 Å². The summed E-state index contributed by atoms with van der Waals surface area (Å²) in [6.07, 6.45) is 13.1. The van der Waals surface area contributed by atoms with Crippen LogP contribution in [0.5, 0.6) is 0 Å². The van der Waals surface area contributed by atoms with E-state index >= 15 is 0 Å². The van der Waals surface area contributed by atoms with Crippen LogP contribution in [-0.4, -0.2) is 48.2 Å². The Morgan fingerprint density at radius 1 is 0.878 bits per heavy atom. The van der Waals surface area contributed by atoms with E-state index in [4.69, 9.17) is 4.74 Å². The number of aliphatic carboxylic acids is 1. The fourth-order valence-corrected chi connectivity index (χ4v) is 14.2. The highest BCUT2D eigenvalue weighted by Crippen LogP contribution is 2.78. The van der Waals surface area contributed by atoms with Crippen molar-refractivity contribution in [2.45, 2.75) is 157 Å². The second kappa shape index (κ2) is 12.7. The quantitative estimate of drug-likeness (QED) is 0.167. The van der Waals surface area contributed by atoms with Crippen LogP contribution >= 0.6 is 0 Å². The highest BCUT2D eigenvalue weighted by molar-refractivity contribution is 5.77. The molecule has 11 atom stereocenters. The summed E-state index contributed by atoms with van der Waals surface area (Å²) in [6.45, 7) is 24.9. The summed E-state index contributed by atoms with van der Waals surface area (Å²) in [7, 11) is 0. The van der Waals surface area contributed by atoms with Crippen LogP contribution in [0.25, 0.3) is 0 Å². The molecule has 5 saturated carbocycles. The fourth-order valence-electron chi connectivity index (χ4n) is 14.2. The Labute approximate surface area is 296 Å². The van der Waals surface area contributed by atoms with Crippen molar-refractivity contribution in [3.05, 3.63) is 12.2 Å². The Kier molecular flexibility index (Phi) is 9.53. The molecule has 0 aromatic rings. The van der Waals surface area contributed by atoms with Gasteiger partial charge in [-0.15, -0.1) is 0 Å². The maximum Gasteiger partial charge on any atom is 0.306 e. The lowest BCUT2D eigenvalue weighted by Crippen LogP contribution is -2.67. The Morgan fingerprint density at radius 2 is 1.61 bits per heavy atom. The lowest BCUT2D eigenvalue weighted by atomic mass is 9.32. The lowest BCUT2D eigenvalue weighted by molar-refractivity contribution is -0.250. The molecule has 49 heavy (non-hydrogen) atoms. The largest absolute Gasteiger partial charge is 0.481 e. The Balaban J connectivity index is 1.22. The van der Waals surface area contributed by atoms with Gasteiger partial charge in [-0.05, 0) is 141 Å². The molecule has 7 nitrogen and oxygen atoms in total. The van der Waals surface area contributed by atoms with Gasteiger partial charge >= 0.3 is 11.9 Å². The molecule has 0 spiro atoms. The van der Waals surface area contributed by atoms with E-state index in [2.05, 4.69) is 58.8 Å². The number of amides is 1. The number of carbonyl (C=O) groups is 3. The SMILES string of the molecule is C=C(C)C1CC[C@]2(CC(=O)N[C@@H]3CCNC3)CC[C@]3(C)[C@H](CCC4[C@@]5(C)CCC(OC(=O)CC(C)(C)CC(=O)O)C(C)(C)C5CC[C@]43C)C12. The first-order chi connectivity index (χ1) is 22.8. The third-order valence-electron chi connectivity index (χ3n) is 16.6. The summed E-state index contributed by atoms with van der Waals surface area (Å²) in [5, 5.41) is 16.1. The number of carbonyl (C=O) groups excluding carboxylic acids is 2. The monoisotopic (exact) mass is 681 g/mol. The van der Waals surface area contributed by atoms with Gasteiger partial charge in [0.1, 0.15) is 6.10 Å². The van der Waals surface area contributed by atoms with Crippen molar-refractivity contribution in [3.63, 3.8) is 0 Å². The van der Waals surface area contributed by atoms with Crippen LogP contribution in [0.2, 0.25) is 0 Å². The molecular formula is C42H68N2O5. The van der Waals surface area contributed by atoms with E-state index in [1.54, 1.807) is 0 Å². The Hall–Kier alpha value is -1.89. The topological polar surface area (TPSA) is 105 Å². The van der Waals surface area contributed by atoms with Crippen LogP contribution in [-0.2, 0) is 19.1 Å². The van der Waals surface area contributed by atoms with Crippen molar-refractivity contribution >= 4 is 17.8 Å². The van der Waals surface area contributed by atoms with E-state index in [9.17, 15) is 19.5 Å². The van der Waals surface area contributed by atoms with Crippen LogP contribution in [0.15, 0.2) is 12.2 Å². The molecule has 1 saturated heterocycles. The maximum absolute atomic E-state index is 13.7. The molecule has 1 amide bonds. The minimum Gasteiger partial charge on any atom is -0.481 e. The molecule has 0 radical (unpaired) electrons. The lowest BCUT2D eigenvalue weighted by Gasteiger charge is -2.73. The molecule has 0 bridgehead atoms. The summed E-state index contributed by atoms with van der Waals surface area (Å²) in [6, 6.07) is 0.270. The summed E-state index contributed by atoms with van der Waals surface area (Å²) >= 11 is 0. The molecule has 7 heteroatoms. The smallest absolute Gasteiger partial charge is 0.306 e. The van der Waals surface area contributed by atoms with Crippen molar-refractivity contribution in [2.75, 3.05) is 13.1 Å². The minimum absolute atomic E-state index is 0.0443. The zero-order valence-corrected chi connectivity index (χ0v) is 32.1. The van der Waals surface area contributed by atoms with Gasteiger partial charge in [0.25, 0.3) is 0 Å². The molecule has 6 rings (SSSR count). The van der Waals surface area contributed by atoms with Gasteiger partial charge in [0.2, 0.25) is 5.91 Å². The van der Waals surface area contributed by atoms with Gasteiger partial charge in [-0.1, -0.05) is 60.6 Å². The third-order valence-corrected chi connectivity index (χ3v) is 16.6. The maximum atomic E-state index is 13.7. The summed E-state index contributed by atoms with van der Waals surface area (Å²) in [4.78, 5) is 38.2. The molecule has 276 valence electrons. The second-order valence-corrected chi connectivity index (χ2v) is 20.2. The van der Waals surface area contributed by atoms with E-state index in [0.717, 1.165) is 51.6 Å². The molecule has 6 aliphatic rings. The van der Waals surface area contributed by atoms with Gasteiger partial charge in [0.15, 0.2) is 0 Å². The van der Waals surface area contributed by atoms with E-state index in [1.807, 2.05) is 13.8 Å². The highest BCUT2D eigenvalue weighted by atomic mass is 16.5. The third kappa shape index (κ3) is 6.12. The van der Waals surface area contributed by atoms with Crippen LogP contribution in [0, 0.1) is 62.1 Å². The predicted octanol–water partition coefficient (Wildman–Crippen LogP) is 8.32. The number of allylic oxidation sites excluding steroid dienone is 1. The van der Waals surface area contributed by atoms with E-state index < -0.39 is 11.4 Å². The van der Waals surface area contributed by atoms with Crippen LogP contribution < -0.4 is 10.6 Å². The number of hydrogen-bond acceptors (Lipinski definition) is 5. The normalized spacial score (nSPS) is 44.1. The number of ether oxygens (including phenoxy) is 1. The van der Waals surface area contributed by atoms with Gasteiger partial charge in [-0.25, -0.2) is 0 Å². The number of carboxylic acid groups (broad SMARTS) is 1. The highest BCUT2D eigenvalue weighted by Gasteiger charge is 2.71. The van der Waals surface area contributed by atoms with Gasteiger partial charge in [-0.3, -0.25) is 14.4 Å². The number of hydrogen-bond donors (Lipinski definition) is 3. The fraction of sp³-hybridized carbons (Fsp3) is 0.881. The van der Waals surface area contributed by atoms with Gasteiger partial charge in [-0.2, -0.15) is 0 Å². The van der Waals surface area contributed by atoms with Crippen molar-refractivity contribution in [3.8, 4) is 0 Å². The zero-order valence-electron chi connectivity index (χ0n) is 32.1. The molecular weight excluding hydrogens is 612 g/mol. The number of nitrogens with one attached hydrogen (secondary N) is 2. The second-order valence-electron chi connectivity index (χ2n) is 20.2. The van der Waals surface area contributed by atoms with Crippen molar-refractivity contribution in [1.82, 2.24) is 10.6 Å².